The summed E-state index contributed by atoms with van der Waals surface area (Å²) in [7, 11) is 0. The minimum atomic E-state index is -0.427. The van der Waals surface area contributed by atoms with Gasteiger partial charge in [0.15, 0.2) is 0 Å². The van der Waals surface area contributed by atoms with Crippen LogP contribution in [0.4, 0.5) is 5.69 Å². The smallest absolute Gasteiger partial charge is 0.253 e. The number of anilines is 1. The molecule has 0 saturated carbocycles. The molecule has 0 fully saturated rings. The van der Waals surface area contributed by atoms with Crippen molar-refractivity contribution in [2.75, 3.05) is 12.3 Å². The number of nitrogen functional groups attached to an aromatic ring is 1. The van der Waals surface area contributed by atoms with Crippen LogP contribution in [0.2, 0.25) is 0 Å². The third-order valence-electron chi connectivity index (χ3n) is 4.02. The SMILES string of the molecule is CCC(C)(CCO)NC(=O)c1cc2ccccc2cc1N. The highest BCUT2D eigenvalue weighted by Crippen LogP contribution is 2.23. The molecule has 112 valence electrons. The number of hydrogen-bond acceptors (Lipinski definition) is 3. The van der Waals surface area contributed by atoms with E-state index in [1.165, 1.54) is 0 Å². The van der Waals surface area contributed by atoms with E-state index in [-0.39, 0.29) is 12.5 Å². The molecule has 0 aromatic heterocycles. The number of amides is 1. The Bertz CT molecular complexity index is 654. The van der Waals surface area contributed by atoms with Gasteiger partial charge < -0.3 is 16.2 Å². The van der Waals surface area contributed by atoms with Gasteiger partial charge in [0.05, 0.1) is 5.56 Å². The van der Waals surface area contributed by atoms with Gasteiger partial charge in [0.25, 0.3) is 5.91 Å². The van der Waals surface area contributed by atoms with E-state index in [1.54, 1.807) is 0 Å². The molecule has 1 amide bonds. The molecular formula is C17H22N2O2. The lowest BCUT2D eigenvalue weighted by Crippen LogP contribution is -2.46. The van der Waals surface area contributed by atoms with Crippen LogP contribution in [0.1, 0.15) is 37.0 Å². The van der Waals surface area contributed by atoms with Crippen molar-refractivity contribution in [3.63, 3.8) is 0 Å². The van der Waals surface area contributed by atoms with Crippen LogP contribution in [0, 0.1) is 0 Å². The van der Waals surface area contributed by atoms with Gasteiger partial charge in [0, 0.05) is 17.8 Å². The van der Waals surface area contributed by atoms with Gasteiger partial charge in [-0.2, -0.15) is 0 Å². The van der Waals surface area contributed by atoms with E-state index in [0.29, 0.717) is 17.7 Å². The monoisotopic (exact) mass is 286 g/mol. The van der Waals surface area contributed by atoms with Gasteiger partial charge in [0.1, 0.15) is 0 Å². The third kappa shape index (κ3) is 3.34. The van der Waals surface area contributed by atoms with E-state index in [1.807, 2.05) is 50.2 Å². The van der Waals surface area contributed by atoms with Crippen molar-refractivity contribution < 1.29 is 9.90 Å². The fraction of sp³-hybridized carbons (Fsp3) is 0.353. The standard InChI is InChI=1S/C17H22N2O2/c1-3-17(2,8-9-20)19-16(21)14-10-12-6-4-5-7-13(12)11-15(14)18/h4-7,10-11,20H,3,8-9,18H2,1-2H3,(H,19,21). The molecule has 0 bridgehead atoms. The molecule has 0 heterocycles. The summed E-state index contributed by atoms with van der Waals surface area (Å²) in [5.41, 5.74) is 6.53. The Kier molecular flexibility index (Phi) is 4.48. The Morgan fingerprint density at radius 1 is 1.29 bits per heavy atom. The molecule has 1 unspecified atom stereocenters. The van der Waals surface area contributed by atoms with E-state index in [4.69, 9.17) is 10.8 Å². The Morgan fingerprint density at radius 2 is 1.90 bits per heavy atom. The minimum absolute atomic E-state index is 0.0395. The van der Waals surface area contributed by atoms with E-state index in [0.717, 1.165) is 17.2 Å². The predicted molar refractivity (Wildman–Crippen MR) is 86.2 cm³/mol. The number of rotatable bonds is 5. The lowest BCUT2D eigenvalue weighted by molar-refractivity contribution is 0.0887. The van der Waals surface area contributed by atoms with Crippen molar-refractivity contribution in [1.29, 1.82) is 0 Å². The van der Waals surface area contributed by atoms with Crippen LogP contribution in [0.15, 0.2) is 36.4 Å². The number of aliphatic hydroxyl groups excluding tert-OH is 1. The molecule has 0 aliphatic heterocycles. The maximum Gasteiger partial charge on any atom is 0.253 e. The summed E-state index contributed by atoms with van der Waals surface area (Å²) < 4.78 is 0. The second kappa shape index (κ2) is 6.14. The maximum absolute atomic E-state index is 12.5. The fourth-order valence-electron chi connectivity index (χ4n) is 2.37. The van der Waals surface area contributed by atoms with Gasteiger partial charge in [-0.15, -0.1) is 0 Å². The van der Waals surface area contributed by atoms with Gasteiger partial charge >= 0.3 is 0 Å². The van der Waals surface area contributed by atoms with Crippen LogP contribution in [-0.4, -0.2) is 23.2 Å². The van der Waals surface area contributed by atoms with Crippen LogP contribution in [0.5, 0.6) is 0 Å². The van der Waals surface area contributed by atoms with Crippen molar-refractivity contribution in [2.24, 2.45) is 0 Å². The molecule has 0 saturated heterocycles. The number of fused-ring (bicyclic) bond motifs is 1. The molecule has 0 radical (unpaired) electrons. The predicted octanol–water partition coefficient (Wildman–Crippen LogP) is 2.70. The first-order chi connectivity index (χ1) is 9.99. The molecule has 0 aliphatic carbocycles. The first kappa shape index (κ1) is 15.3. The van der Waals surface area contributed by atoms with Gasteiger partial charge in [0.2, 0.25) is 0 Å². The molecule has 2 rings (SSSR count). The Hall–Kier alpha value is -2.07. The normalized spacial score (nSPS) is 13.9. The minimum Gasteiger partial charge on any atom is -0.398 e. The number of hydrogen-bond donors (Lipinski definition) is 3. The van der Waals surface area contributed by atoms with Gasteiger partial charge in [-0.1, -0.05) is 31.2 Å². The molecular weight excluding hydrogens is 264 g/mol. The second-order valence-electron chi connectivity index (χ2n) is 5.63. The molecule has 4 nitrogen and oxygen atoms in total. The quantitative estimate of drug-likeness (QED) is 0.740. The van der Waals surface area contributed by atoms with Gasteiger partial charge in [-0.3, -0.25) is 4.79 Å². The zero-order valence-corrected chi connectivity index (χ0v) is 12.5. The van der Waals surface area contributed by atoms with Crippen LogP contribution in [0.3, 0.4) is 0 Å². The van der Waals surface area contributed by atoms with Crippen LogP contribution in [0.25, 0.3) is 10.8 Å². The van der Waals surface area contributed by atoms with E-state index < -0.39 is 5.54 Å². The van der Waals surface area contributed by atoms with Crippen LogP contribution < -0.4 is 11.1 Å². The van der Waals surface area contributed by atoms with Gasteiger partial charge in [-0.05, 0) is 42.7 Å². The van der Waals surface area contributed by atoms with E-state index in [2.05, 4.69) is 5.32 Å². The molecule has 2 aromatic carbocycles. The highest BCUT2D eigenvalue weighted by Gasteiger charge is 2.25. The second-order valence-corrected chi connectivity index (χ2v) is 5.63. The van der Waals surface area contributed by atoms with Gasteiger partial charge in [-0.25, -0.2) is 0 Å². The number of benzene rings is 2. The topological polar surface area (TPSA) is 75.3 Å². The largest absolute Gasteiger partial charge is 0.398 e. The lowest BCUT2D eigenvalue weighted by Gasteiger charge is -2.29. The van der Waals surface area contributed by atoms with Crippen molar-refractivity contribution in [3.05, 3.63) is 42.0 Å². The molecule has 0 spiro atoms. The molecule has 4 N–H and O–H groups in total. The van der Waals surface area contributed by atoms with Crippen molar-refractivity contribution in [3.8, 4) is 0 Å². The Balaban J connectivity index is 2.32. The molecule has 1 atom stereocenters. The van der Waals surface area contributed by atoms with Crippen molar-refractivity contribution in [2.45, 2.75) is 32.2 Å². The summed E-state index contributed by atoms with van der Waals surface area (Å²) in [6.45, 7) is 3.95. The van der Waals surface area contributed by atoms with E-state index >= 15 is 0 Å². The molecule has 0 aliphatic rings. The Morgan fingerprint density at radius 3 is 2.48 bits per heavy atom. The average Bonchev–Trinajstić information content (AvgIpc) is 2.46. The summed E-state index contributed by atoms with van der Waals surface area (Å²) in [4.78, 5) is 12.5. The summed E-state index contributed by atoms with van der Waals surface area (Å²) in [6, 6.07) is 11.4. The van der Waals surface area contributed by atoms with Crippen LogP contribution in [-0.2, 0) is 0 Å². The summed E-state index contributed by atoms with van der Waals surface area (Å²) in [6.07, 6.45) is 1.26. The Labute approximate surface area is 125 Å². The zero-order valence-electron chi connectivity index (χ0n) is 12.5. The summed E-state index contributed by atoms with van der Waals surface area (Å²) >= 11 is 0. The number of nitrogens with one attached hydrogen (secondary N) is 1. The van der Waals surface area contributed by atoms with Crippen molar-refractivity contribution in [1.82, 2.24) is 5.32 Å². The van der Waals surface area contributed by atoms with E-state index in [9.17, 15) is 4.79 Å². The molecule has 2 aromatic rings. The summed E-state index contributed by atoms with van der Waals surface area (Å²) in [5, 5.41) is 14.1. The maximum atomic E-state index is 12.5. The van der Waals surface area contributed by atoms with Crippen molar-refractivity contribution >= 4 is 22.4 Å². The number of nitrogens with two attached hydrogens (primary N) is 1. The lowest BCUT2D eigenvalue weighted by atomic mass is 9.94. The molecule has 21 heavy (non-hydrogen) atoms. The first-order valence-electron chi connectivity index (χ1n) is 7.21. The average molecular weight is 286 g/mol. The third-order valence-corrected chi connectivity index (χ3v) is 4.02. The number of carbonyl (C=O) groups is 1. The number of aliphatic hydroxyl groups is 1. The summed E-state index contributed by atoms with van der Waals surface area (Å²) in [5.74, 6) is -0.198. The molecule has 4 heteroatoms. The number of carbonyl (C=O) groups excluding carboxylic acids is 1. The fourth-order valence-corrected chi connectivity index (χ4v) is 2.37. The first-order valence-corrected chi connectivity index (χ1v) is 7.21. The van der Waals surface area contributed by atoms with Crippen LogP contribution >= 0.6 is 0 Å². The highest BCUT2D eigenvalue weighted by atomic mass is 16.3. The highest BCUT2D eigenvalue weighted by molar-refractivity contribution is 6.04. The zero-order chi connectivity index (χ0) is 15.5.